The molecule has 0 bridgehead atoms. The van der Waals surface area contributed by atoms with Gasteiger partial charge in [-0.2, -0.15) is 0 Å². The minimum atomic E-state index is -0.853. The Kier molecular flexibility index (Phi) is 6.49. The van der Waals surface area contributed by atoms with E-state index in [1.54, 1.807) is 18.2 Å². The van der Waals surface area contributed by atoms with E-state index in [1.807, 2.05) is 30.3 Å². The van der Waals surface area contributed by atoms with Gasteiger partial charge in [0.2, 0.25) is 11.8 Å². The third-order valence-corrected chi connectivity index (χ3v) is 9.32. The summed E-state index contributed by atoms with van der Waals surface area (Å²) in [6, 6.07) is 20.0. The van der Waals surface area contributed by atoms with Crippen LogP contribution in [-0.2, 0) is 16.2 Å². The van der Waals surface area contributed by atoms with Gasteiger partial charge < -0.3 is 9.72 Å². The molecule has 0 saturated carbocycles. The summed E-state index contributed by atoms with van der Waals surface area (Å²) in [7, 11) is 0. The second-order valence-corrected chi connectivity index (χ2v) is 11.6. The van der Waals surface area contributed by atoms with E-state index in [1.165, 1.54) is 24.3 Å². The average Bonchev–Trinajstić information content (AvgIpc) is 3.42. The van der Waals surface area contributed by atoms with Crippen molar-refractivity contribution in [3.63, 3.8) is 0 Å². The van der Waals surface area contributed by atoms with Crippen LogP contribution < -0.4 is 14.5 Å². The van der Waals surface area contributed by atoms with Crippen molar-refractivity contribution in [3.05, 3.63) is 114 Å². The number of H-pyrrole nitrogens is 1. The second kappa shape index (κ2) is 9.99. The Morgan fingerprint density at radius 3 is 2.46 bits per heavy atom. The lowest BCUT2D eigenvalue weighted by Crippen LogP contribution is -2.32. The molecule has 3 atom stereocenters. The van der Waals surface area contributed by atoms with Gasteiger partial charge in [0, 0.05) is 33.5 Å². The maximum absolute atomic E-state index is 13.9. The largest absolute Gasteiger partial charge is 0.489 e. The van der Waals surface area contributed by atoms with Crippen molar-refractivity contribution in [2.45, 2.75) is 22.8 Å². The first kappa shape index (κ1) is 25.4. The van der Waals surface area contributed by atoms with Gasteiger partial charge in [0.1, 0.15) is 17.6 Å². The number of nitrogens with one attached hydrogen (secondary N) is 1. The molecule has 1 aromatic heterocycles. The van der Waals surface area contributed by atoms with Crippen LogP contribution in [-0.4, -0.2) is 27.0 Å². The molecule has 4 aromatic rings. The molecule has 0 aliphatic carbocycles. The number of imide groups is 1. The molecule has 0 spiro atoms. The lowest BCUT2D eigenvalue weighted by molar-refractivity contribution is -0.384. The summed E-state index contributed by atoms with van der Waals surface area (Å²) in [4.78, 5) is 54.7. The fourth-order valence-corrected chi connectivity index (χ4v) is 7.65. The topological polar surface area (TPSA) is 123 Å². The summed E-state index contributed by atoms with van der Waals surface area (Å²) < 4.78 is 6.19. The first-order chi connectivity index (χ1) is 18.8. The van der Waals surface area contributed by atoms with Crippen LogP contribution in [0.25, 0.3) is 0 Å². The van der Waals surface area contributed by atoms with Crippen LogP contribution in [0, 0.1) is 16.0 Å². The van der Waals surface area contributed by atoms with E-state index in [0.717, 1.165) is 33.6 Å². The first-order valence-electron chi connectivity index (χ1n) is 11.8. The molecular weight excluding hydrogens is 562 g/mol. The van der Waals surface area contributed by atoms with E-state index in [2.05, 4.69) is 4.98 Å². The minimum Gasteiger partial charge on any atom is -0.489 e. The van der Waals surface area contributed by atoms with Crippen LogP contribution >= 0.6 is 34.7 Å². The highest BCUT2D eigenvalue weighted by molar-refractivity contribution is 8.00. The Bertz CT molecular complexity index is 1670. The summed E-state index contributed by atoms with van der Waals surface area (Å²) in [6.07, 6.45) is 0. The third kappa shape index (κ3) is 4.52. The Morgan fingerprint density at radius 1 is 1.00 bits per heavy atom. The van der Waals surface area contributed by atoms with Crippen molar-refractivity contribution in [3.8, 4) is 5.75 Å². The Hall–Kier alpha value is -3.93. The molecule has 3 aromatic carbocycles. The van der Waals surface area contributed by atoms with Crippen LogP contribution in [0.1, 0.15) is 21.9 Å². The Morgan fingerprint density at radius 2 is 1.74 bits per heavy atom. The van der Waals surface area contributed by atoms with E-state index in [0.29, 0.717) is 26.2 Å². The fraction of sp³-hybridized carbons (Fsp3) is 0.148. The number of aromatic amines is 1. The quantitative estimate of drug-likeness (QED) is 0.185. The van der Waals surface area contributed by atoms with Gasteiger partial charge in [0.25, 0.3) is 5.69 Å². The van der Waals surface area contributed by atoms with Crippen LogP contribution in [0.4, 0.5) is 11.4 Å². The number of fused-ring (bicyclic) bond motifs is 2. The van der Waals surface area contributed by atoms with Gasteiger partial charge in [-0.3, -0.25) is 24.5 Å². The number of benzene rings is 3. The minimum absolute atomic E-state index is 0.151. The molecule has 2 amide bonds. The molecule has 39 heavy (non-hydrogen) atoms. The van der Waals surface area contributed by atoms with Gasteiger partial charge in [-0.15, -0.1) is 0 Å². The highest BCUT2D eigenvalue weighted by Crippen LogP contribution is 2.54. The number of non-ortho nitro benzene ring substituents is 1. The van der Waals surface area contributed by atoms with Crippen molar-refractivity contribution < 1.29 is 19.2 Å². The number of nitro benzene ring substituents is 1. The summed E-state index contributed by atoms with van der Waals surface area (Å²) in [5.74, 6) is -1.97. The molecule has 2 aliphatic rings. The first-order valence-corrected chi connectivity index (χ1v) is 13.9. The summed E-state index contributed by atoms with van der Waals surface area (Å²) >= 11 is 8.55. The predicted octanol–water partition coefficient (Wildman–Crippen LogP) is 5.37. The van der Waals surface area contributed by atoms with E-state index in [-0.39, 0.29) is 22.9 Å². The number of ether oxygens (including phenoxy) is 1. The number of aromatic nitrogens is 1. The molecule has 12 heteroatoms. The molecule has 6 rings (SSSR count). The van der Waals surface area contributed by atoms with Crippen LogP contribution in [0.5, 0.6) is 5.75 Å². The number of carbonyl (C=O) groups is 2. The van der Waals surface area contributed by atoms with Gasteiger partial charge in [-0.05, 0) is 35.9 Å². The number of halogens is 1. The number of nitrogens with zero attached hydrogens (tertiary/aromatic N) is 2. The van der Waals surface area contributed by atoms with Crippen LogP contribution in [0.3, 0.4) is 0 Å². The Balaban J connectivity index is 1.43. The lowest BCUT2D eigenvalue weighted by Gasteiger charge is -2.31. The highest BCUT2D eigenvalue weighted by atomic mass is 35.5. The number of amides is 2. The molecule has 0 radical (unpaired) electrons. The van der Waals surface area contributed by atoms with Gasteiger partial charge in [0.15, 0.2) is 0 Å². The summed E-state index contributed by atoms with van der Waals surface area (Å²) in [6.45, 7) is 0.267. The van der Waals surface area contributed by atoms with Crippen molar-refractivity contribution in [1.82, 2.24) is 4.98 Å². The number of thiazole rings is 1. The average molecular weight is 580 g/mol. The van der Waals surface area contributed by atoms with Crippen molar-refractivity contribution >= 4 is 57.9 Å². The van der Waals surface area contributed by atoms with Crippen molar-refractivity contribution in [2.24, 2.45) is 5.92 Å². The normalized spacial score (nSPS) is 20.0. The molecule has 2 aliphatic heterocycles. The third-order valence-electron chi connectivity index (χ3n) is 6.69. The van der Waals surface area contributed by atoms with E-state index in [9.17, 15) is 24.5 Å². The SMILES string of the molecule is O=C1[C@H]2[C@H](c3cc(Cl)ccc3OCc3ccccc3)c3sc(=O)[nH]c3S[C@H]2C(=O)N1c1ccc([N+](=O)[O-])cc1. The van der Waals surface area contributed by atoms with E-state index >= 15 is 0 Å². The molecule has 1 N–H and O–H groups in total. The molecule has 196 valence electrons. The monoisotopic (exact) mass is 579 g/mol. The number of nitro groups is 1. The van der Waals surface area contributed by atoms with Gasteiger partial charge in [-0.1, -0.05) is 65.0 Å². The Labute approximate surface area is 234 Å². The second-order valence-electron chi connectivity index (χ2n) is 8.99. The summed E-state index contributed by atoms with van der Waals surface area (Å²) in [5.41, 5.74) is 1.63. The summed E-state index contributed by atoms with van der Waals surface area (Å²) in [5, 5.41) is 11.2. The number of hydrogen-bond acceptors (Lipinski definition) is 8. The standard InChI is InChI=1S/C27H18ClN3O6S2/c28-15-6-11-19(37-13-14-4-2-1-3-5-14)18(12-15)20-21-23(38-24-22(20)39-27(34)29-24)26(33)30(25(21)32)16-7-9-17(10-8-16)31(35)36/h1-12,20-21,23H,13H2,(H,29,34)/t20-,21-,23+/m0/s1. The molecule has 9 nitrogen and oxygen atoms in total. The molecule has 1 fully saturated rings. The van der Waals surface area contributed by atoms with Crippen LogP contribution in [0.15, 0.2) is 82.6 Å². The number of hydrogen-bond donors (Lipinski definition) is 1. The number of rotatable bonds is 6. The van der Waals surface area contributed by atoms with E-state index in [4.69, 9.17) is 16.3 Å². The van der Waals surface area contributed by atoms with Crippen molar-refractivity contribution in [2.75, 3.05) is 4.90 Å². The smallest absolute Gasteiger partial charge is 0.305 e. The maximum atomic E-state index is 13.9. The molecule has 0 unspecified atom stereocenters. The van der Waals surface area contributed by atoms with Gasteiger partial charge in [-0.25, -0.2) is 4.90 Å². The molecule has 3 heterocycles. The zero-order valence-electron chi connectivity index (χ0n) is 19.9. The van der Waals surface area contributed by atoms with Crippen molar-refractivity contribution in [1.29, 1.82) is 0 Å². The van der Waals surface area contributed by atoms with Crippen LogP contribution in [0.2, 0.25) is 5.02 Å². The number of carbonyl (C=O) groups excluding carboxylic acids is 2. The molecule has 1 saturated heterocycles. The maximum Gasteiger partial charge on any atom is 0.305 e. The fourth-order valence-electron chi connectivity index (χ4n) is 4.96. The van der Waals surface area contributed by atoms with E-state index < -0.39 is 33.8 Å². The zero-order valence-corrected chi connectivity index (χ0v) is 22.3. The predicted molar refractivity (Wildman–Crippen MR) is 148 cm³/mol. The zero-order chi connectivity index (χ0) is 27.3. The van der Waals surface area contributed by atoms with Gasteiger partial charge >= 0.3 is 4.87 Å². The number of anilines is 1. The number of thioether (sulfide) groups is 1. The molecular formula is C27H18ClN3O6S2. The lowest BCUT2D eigenvalue weighted by atomic mass is 9.82. The van der Waals surface area contributed by atoms with Gasteiger partial charge in [0.05, 0.1) is 21.6 Å². The highest BCUT2D eigenvalue weighted by Gasteiger charge is 2.56.